The fraction of sp³-hybridized carbons (Fsp3) is 0.500. The minimum absolute atomic E-state index is 0.312. The van der Waals surface area contributed by atoms with Crippen molar-refractivity contribution in [2.75, 3.05) is 6.54 Å². The summed E-state index contributed by atoms with van der Waals surface area (Å²) in [5.74, 6) is 0. The molecular weight excluding hydrogens is 276 g/mol. The number of fused-ring (bicyclic) bond motifs is 1. The zero-order valence-corrected chi connectivity index (χ0v) is 14.0. The maximum atomic E-state index is 4.55. The van der Waals surface area contributed by atoms with Crippen LogP contribution in [0.1, 0.15) is 48.1 Å². The zero-order chi connectivity index (χ0) is 14.9. The van der Waals surface area contributed by atoms with Crippen LogP contribution in [-0.2, 0) is 12.8 Å². The van der Waals surface area contributed by atoms with Crippen LogP contribution >= 0.6 is 11.3 Å². The molecule has 0 fully saturated rings. The molecule has 1 N–H and O–H groups in total. The molecule has 0 aliphatic heterocycles. The highest BCUT2D eigenvalue weighted by Crippen LogP contribution is 2.43. The van der Waals surface area contributed by atoms with Crippen LogP contribution < -0.4 is 5.32 Å². The Kier molecular flexibility index (Phi) is 4.14. The quantitative estimate of drug-likeness (QED) is 0.910. The molecule has 3 heteroatoms. The number of benzene rings is 1. The lowest BCUT2D eigenvalue weighted by molar-refractivity contribution is 0.210. The highest BCUT2D eigenvalue weighted by atomic mass is 32.1. The third kappa shape index (κ3) is 3.19. The van der Waals surface area contributed by atoms with Crippen LogP contribution in [0.2, 0.25) is 0 Å². The molecule has 2 nitrogen and oxygen atoms in total. The lowest BCUT2D eigenvalue weighted by Gasteiger charge is -2.40. The van der Waals surface area contributed by atoms with Gasteiger partial charge in [0.05, 0.1) is 10.7 Å². The number of hydrogen-bond acceptors (Lipinski definition) is 3. The van der Waals surface area contributed by atoms with Gasteiger partial charge < -0.3 is 5.32 Å². The Balaban J connectivity index is 1.70. The van der Waals surface area contributed by atoms with Crippen LogP contribution in [0.4, 0.5) is 0 Å². The Morgan fingerprint density at radius 3 is 2.90 bits per heavy atom. The first kappa shape index (κ1) is 14.7. The first-order valence-corrected chi connectivity index (χ1v) is 8.66. The van der Waals surface area contributed by atoms with Crippen molar-refractivity contribution in [3.8, 4) is 0 Å². The molecule has 1 aliphatic rings. The minimum atomic E-state index is 0.312. The van der Waals surface area contributed by atoms with Gasteiger partial charge in [-0.15, -0.1) is 11.3 Å². The summed E-state index contributed by atoms with van der Waals surface area (Å²) in [6.07, 6.45) is 3.46. The van der Waals surface area contributed by atoms with Crippen molar-refractivity contribution in [3.63, 3.8) is 0 Å². The monoisotopic (exact) mass is 300 g/mol. The zero-order valence-electron chi connectivity index (χ0n) is 13.1. The third-order valence-corrected chi connectivity index (χ3v) is 5.40. The van der Waals surface area contributed by atoms with Gasteiger partial charge in [-0.05, 0) is 36.3 Å². The van der Waals surface area contributed by atoms with Gasteiger partial charge >= 0.3 is 0 Å². The van der Waals surface area contributed by atoms with E-state index in [1.807, 2.05) is 0 Å². The van der Waals surface area contributed by atoms with Gasteiger partial charge in [-0.2, -0.15) is 0 Å². The number of aryl methyl sites for hydroxylation is 2. The van der Waals surface area contributed by atoms with Crippen molar-refractivity contribution in [1.29, 1.82) is 0 Å². The molecule has 0 radical (unpaired) electrons. The van der Waals surface area contributed by atoms with E-state index < -0.39 is 0 Å². The van der Waals surface area contributed by atoms with Crippen LogP contribution in [0, 0.1) is 12.3 Å². The van der Waals surface area contributed by atoms with E-state index in [9.17, 15) is 0 Å². The SMILES string of the molecule is Cc1nc(CCNC2c3ccccc3CCC2(C)C)cs1. The Bertz CT molecular complexity index is 615. The molecule has 21 heavy (non-hydrogen) atoms. The van der Waals surface area contributed by atoms with Gasteiger partial charge in [0, 0.05) is 24.4 Å². The molecule has 0 saturated carbocycles. The molecule has 1 aromatic carbocycles. The van der Waals surface area contributed by atoms with Gasteiger partial charge in [0.25, 0.3) is 0 Å². The molecule has 3 rings (SSSR count). The van der Waals surface area contributed by atoms with E-state index in [4.69, 9.17) is 0 Å². The van der Waals surface area contributed by atoms with E-state index in [-0.39, 0.29) is 0 Å². The molecule has 1 unspecified atom stereocenters. The fourth-order valence-electron chi connectivity index (χ4n) is 3.32. The normalized spacial score (nSPS) is 20.2. The Morgan fingerprint density at radius 1 is 1.33 bits per heavy atom. The van der Waals surface area contributed by atoms with Crippen LogP contribution in [0.3, 0.4) is 0 Å². The Hall–Kier alpha value is -1.19. The molecule has 0 amide bonds. The number of hydrogen-bond donors (Lipinski definition) is 1. The number of nitrogens with one attached hydrogen (secondary N) is 1. The Labute approximate surface area is 131 Å². The molecule has 0 bridgehead atoms. The summed E-state index contributed by atoms with van der Waals surface area (Å²) in [6, 6.07) is 9.34. The molecule has 1 aromatic heterocycles. The van der Waals surface area contributed by atoms with Crippen LogP contribution in [-0.4, -0.2) is 11.5 Å². The van der Waals surface area contributed by atoms with Crippen LogP contribution in [0.25, 0.3) is 0 Å². The van der Waals surface area contributed by atoms with Crippen molar-refractivity contribution in [2.45, 2.75) is 46.1 Å². The van der Waals surface area contributed by atoms with Crippen molar-refractivity contribution in [2.24, 2.45) is 5.41 Å². The second kappa shape index (κ2) is 5.90. The standard InChI is InChI=1S/C18H24N2S/c1-13-20-15(12-21-13)9-11-19-17-16-7-5-4-6-14(16)8-10-18(17,2)3/h4-7,12,17,19H,8-11H2,1-3H3. The van der Waals surface area contributed by atoms with E-state index in [2.05, 4.69) is 60.7 Å². The lowest BCUT2D eigenvalue weighted by atomic mass is 9.70. The predicted molar refractivity (Wildman–Crippen MR) is 89.8 cm³/mol. The average Bonchev–Trinajstić information content (AvgIpc) is 2.87. The summed E-state index contributed by atoms with van der Waals surface area (Å²) in [7, 11) is 0. The maximum absolute atomic E-state index is 4.55. The summed E-state index contributed by atoms with van der Waals surface area (Å²) in [6.45, 7) is 7.83. The van der Waals surface area contributed by atoms with Crippen LogP contribution in [0.15, 0.2) is 29.6 Å². The first-order chi connectivity index (χ1) is 10.1. The molecular formula is C18H24N2S. The minimum Gasteiger partial charge on any atom is -0.309 e. The summed E-state index contributed by atoms with van der Waals surface area (Å²) < 4.78 is 0. The molecule has 1 atom stereocenters. The van der Waals surface area contributed by atoms with Gasteiger partial charge in [0.1, 0.15) is 0 Å². The largest absolute Gasteiger partial charge is 0.309 e. The van der Waals surface area contributed by atoms with E-state index in [1.165, 1.54) is 29.7 Å². The first-order valence-electron chi connectivity index (χ1n) is 7.78. The second-order valence-corrected chi connectivity index (χ2v) is 7.74. The molecule has 0 saturated heterocycles. The number of rotatable bonds is 4. The van der Waals surface area contributed by atoms with Crippen molar-refractivity contribution < 1.29 is 0 Å². The second-order valence-electron chi connectivity index (χ2n) is 6.68. The fourth-order valence-corrected chi connectivity index (χ4v) is 3.97. The summed E-state index contributed by atoms with van der Waals surface area (Å²) in [5, 5.41) is 7.13. The Morgan fingerprint density at radius 2 is 2.14 bits per heavy atom. The molecule has 0 spiro atoms. The summed E-state index contributed by atoms with van der Waals surface area (Å²) >= 11 is 1.74. The average molecular weight is 300 g/mol. The number of thiazole rings is 1. The van der Waals surface area contributed by atoms with Crippen LogP contribution in [0.5, 0.6) is 0 Å². The number of nitrogens with zero attached hydrogens (tertiary/aromatic N) is 1. The van der Waals surface area contributed by atoms with Gasteiger partial charge in [0.2, 0.25) is 0 Å². The molecule has 112 valence electrons. The highest BCUT2D eigenvalue weighted by Gasteiger charge is 2.35. The smallest absolute Gasteiger partial charge is 0.0897 e. The van der Waals surface area contributed by atoms with Gasteiger partial charge in [-0.25, -0.2) is 4.98 Å². The van der Waals surface area contributed by atoms with Gasteiger partial charge in [-0.3, -0.25) is 0 Å². The molecule has 1 aliphatic carbocycles. The van der Waals surface area contributed by atoms with E-state index in [0.717, 1.165) is 18.0 Å². The highest BCUT2D eigenvalue weighted by molar-refractivity contribution is 7.09. The maximum Gasteiger partial charge on any atom is 0.0897 e. The van der Waals surface area contributed by atoms with Crippen molar-refractivity contribution in [1.82, 2.24) is 10.3 Å². The summed E-state index contributed by atoms with van der Waals surface area (Å²) in [5.41, 5.74) is 4.53. The molecule has 1 heterocycles. The van der Waals surface area contributed by atoms with Crippen molar-refractivity contribution in [3.05, 3.63) is 51.5 Å². The van der Waals surface area contributed by atoms with Crippen molar-refractivity contribution >= 4 is 11.3 Å². The summed E-state index contributed by atoms with van der Waals surface area (Å²) in [4.78, 5) is 4.55. The van der Waals surface area contributed by atoms with E-state index in [1.54, 1.807) is 11.3 Å². The number of aromatic nitrogens is 1. The van der Waals surface area contributed by atoms with Gasteiger partial charge in [0.15, 0.2) is 0 Å². The predicted octanol–water partition coefficient (Wildman–Crippen LogP) is 4.30. The van der Waals surface area contributed by atoms with E-state index >= 15 is 0 Å². The topological polar surface area (TPSA) is 24.9 Å². The lowest BCUT2D eigenvalue weighted by Crippen LogP contribution is -2.39. The van der Waals surface area contributed by atoms with Gasteiger partial charge in [-0.1, -0.05) is 38.1 Å². The van der Waals surface area contributed by atoms with E-state index in [0.29, 0.717) is 11.5 Å². The molecule has 2 aromatic rings. The third-order valence-electron chi connectivity index (χ3n) is 4.58.